The molecule has 0 aromatic heterocycles. The highest BCUT2D eigenvalue weighted by Gasteiger charge is 2.20. The number of sulfonamides is 1. The van der Waals surface area contributed by atoms with Crippen LogP contribution in [-0.4, -0.2) is 27.1 Å². The van der Waals surface area contributed by atoms with Gasteiger partial charge in [0.25, 0.3) is 0 Å². The van der Waals surface area contributed by atoms with Crippen molar-refractivity contribution >= 4 is 54.8 Å². The second-order valence-electron chi connectivity index (χ2n) is 4.80. The standard InChI is InChI=1S/C15H14BrClN2O3S/c1-23(21,22)19(14-8-4-12(17)5-9-14)10-15(20)18-13-6-2-11(16)3-7-13/h2-9H,10H2,1H3,(H,18,20). The number of rotatable bonds is 5. The average molecular weight is 418 g/mol. The number of halogens is 2. The van der Waals surface area contributed by atoms with Crippen LogP contribution in [0.25, 0.3) is 0 Å². The molecule has 2 aromatic carbocycles. The number of anilines is 2. The van der Waals surface area contributed by atoms with Crippen LogP contribution in [0.1, 0.15) is 0 Å². The van der Waals surface area contributed by atoms with Gasteiger partial charge in [0.2, 0.25) is 15.9 Å². The molecular formula is C15H14BrClN2O3S. The lowest BCUT2D eigenvalue weighted by Gasteiger charge is -2.22. The highest BCUT2D eigenvalue weighted by Crippen LogP contribution is 2.20. The smallest absolute Gasteiger partial charge is 0.245 e. The van der Waals surface area contributed by atoms with Crippen LogP contribution in [0.4, 0.5) is 11.4 Å². The summed E-state index contributed by atoms with van der Waals surface area (Å²) in [5.41, 5.74) is 0.964. The second kappa shape index (κ2) is 7.33. The molecule has 0 radical (unpaired) electrons. The molecule has 0 aliphatic heterocycles. The van der Waals surface area contributed by atoms with Crippen molar-refractivity contribution < 1.29 is 13.2 Å². The zero-order valence-corrected chi connectivity index (χ0v) is 15.3. The van der Waals surface area contributed by atoms with E-state index >= 15 is 0 Å². The third-order valence-corrected chi connectivity index (χ3v) is 4.85. The predicted molar refractivity (Wildman–Crippen MR) is 96.4 cm³/mol. The van der Waals surface area contributed by atoms with Gasteiger partial charge in [0.05, 0.1) is 11.9 Å². The van der Waals surface area contributed by atoms with E-state index in [1.807, 2.05) is 0 Å². The van der Waals surface area contributed by atoms with Crippen molar-refractivity contribution in [3.63, 3.8) is 0 Å². The first-order valence-corrected chi connectivity index (χ1v) is 9.56. The molecule has 2 aromatic rings. The van der Waals surface area contributed by atoms with Gasteiger partial charge in [0.15, 0.2) is 0 Å². The van der Waals surface area contributed by atoms with Gasteiger partial charge in [-0.25, -0.2) is 8.42 Å². The van der Waals surface area contributed by atoms with Gasteiger partial charge in [-0.15, -0.1) is 0 Å². The summed E-state index contributed by atoms with van der Waals surface area (Å²) in [6.07, 6.45) is 1.05. The maximum Gasteiger partial charge on any atom is 0.245 e. The Bertz CT molecular complexity index is 792. The van der Waals surface area contributed by atoms with Crippen molar-refractivity contribution in [1.82, 2.24) is 0 Å². The highest BCUT2D eigenvalue weighted by atomic mass is 79.9. The third kappa shape index (κ3) is 5.23. The lowest BCUT2D eigenvalue weighted by Crippen LogP contribution is -2.37. The summed E-state index contributed by atoms with van der Waals surface area (Å²) in [4.78, 5) is 12.1. The Morgan fingerprint density at radius 2 is 1.70 bits per heavy atom. The van der Waals surface area contributed by atoms with Gasteiger partial charge in [-0.05, 0) is 48.5 Å². The number of hydrogen-bond acceptors (Lipinski definition) is 3. The van der Waals surface area contributed by atoms with E-state index in [2.05, 4.69) is 21.2 Å². The van der Waals surface area contributed by atoms with Crippen LogP contribution in [0.15, 0.2) is 53.0 Å². The van der Waals surface area contributed by atoms with Crippen LogP contribution >= 0.6 is 27.5 Å². The first-order valence-electron chi connectivity index (χ1n) is 6.54. The van der Waals surface area contributed by atoms with Crippen LogP contribution in [0.2, 0.25) is 5.02 Å². The quantitative estimate of drug-likeness (QED) is 0.809. The minimum Gasteiger partial charge on any atom is -0.325 e. The molecule has 122 valence electrons. The number of nitrogens with one attached hydrogen (secondary N) is 1. The van der Waals surface area contributed by atoms with E-state index in [1.165, 1.54) is 0 Å². The van der Waals surface area contributed by atoms with Crippen LogP contribution in [0.5, 0.6) is 0 Å². The summed E-state index contributed by atoms with van der Waals surface area (Å²) < 4.78 is 25.8. The summed E-state index contributed by atoms with van der Waals surface area (Å²) in [7, 11) is -3.60. The summed E-state index contributed by atoms with van der Waals surface area (Å²) in [6, 6.07) is 13.2. The van der Waals surface area contributed by atoms with Gasteiger partial charge in [0.1, 0.15) is 6.54 Å². The average Bonchev–Trinajstić information content (AvgIpc) is 2.47. The molecule has 2 rings (SSSR count). The van der Waals surface area contributed by atoms with E-state index < -0.39 is 15.9 Å². The summed E-state index contributed by atoms with van der Waals surface area (Å²) in [5, 5.41) is 3.15. The number of amides is 1. The Morgan fingerprint density at radius 1 is 1.13 bits per heavy atom. The first-order chi connectivity index (χ1) is 10.8. The van der Waals surface area contributed by atoms with Gasteiger partial charge in [0, 0.05) is 15.2 Å². The van der Waals surface area contributed by atoms with Crippen LogP contribution in [0, 0.1) is 0 Å². The number of nitrogens with zero attached hydrogens (tertiary/aromatic N) is 1. The molecule has 0 bridgehead atoms. The Morgan fingerprint density at radius 3 is 2.22 bits per heavy atom. The topological polar surface area (TPSA) is 66.5 Å². The zero-order chi connectivity index (χ0) is 17.0. The van der Waals surface area contributed by atoms with Crippen molar-refractivity contribution in [2.45, 2.75) is 0 Å². The van der Waals surface area contributed by atoms with Gasteiger partial charge in [-0.3, -0.25) is 9.10 Å². The highest BCUT2D eigenvalue weighted by molar-refractivity contribution is 9.10. The van der Waals surface area contributed by atoms with Crippen molar-refractivity contribution in [3.05, 3.63) is 58.0 Å². The SMILES string of the molecule is CS(=O)(=O)N(CC(=O)Nc1ccc(Br)cc1)c1ccc(Cl)cc1. The van der Waals surface area contributed by atoms with Gasteiger partial charge < -0.3 is 5.32 Å². The molecule has 0 spiro atoms. The molecule has 0 saturated heterocycles. The first kappa shape index (κ1) is 17.8. The molecule has 0 heterocycles. The summed E-state index contributed by atoms with van der Waals surface area (Å²) >= 11 is 9.11. The maximum atomic E-state index is 12.1. The lowest BCUT2D eigenvalue weighted by molar-refractivity contribution is -0.114. The Balaban J connectivity index is 2.16. The van der Waals surface area contributed by atoms with E-state index in [4.69, 9.17) is 11.6 Å². The summed E-state index contributed by atoms with van der Waals surface area (Å²) in [6.45, 7) is -0.323. The Hall–Kier alpha value is -1.57. The fraction of sp³-hybridized carbons (Fsp3) is 0.133. The lowest BCUT2D eigenvalue weighted by atomic mass is 10.3. The number of hydrogen-bond donors (Lipinski definition) is 1. The largest absolute Gasteiger partial charge is 0.325 e. The molecule has 1 N–H and O–H groups in total. The molecule has 0 aliphatic rings. The molecule has 1 amide bonds. The zero-order valence-electron chi connectivity index (χ0n) is 12.2. The predicted octanol–water partition coefficient (Wildman–Crippen LogP) is 3.51. The molecule has 0 atom stereocenters. The maximum absolute atomic E-state index is 12.1. The normalized spacial score (nSPS) is 11.1. The van der Waals surface area contributed by atoms with E-state index in [1.54, 1.807) is 48.5 Å². The summed E-state index contributed by atoms with van der Waals surface area (Å²) in [5.74, 6) is -0.437. The molecule has 5 nitrogen and oxygen atoms in total. The minimum atomic E-state index is -3.60. The Labute approximate surface area is 148 Å². The van der Waals surface area contributed by atoms with Crippen LogP contribution < -0.4 is 9.62 Å². The van der Waals surface area contributed by atoms with Crippen molar-refractivity contribution in [2.24, 2.45) is 0 Å². The molecule has 0 fully saturated rings. The Kier molecular flexibility index (Phi) is 5.67. The molecule has 0 unspecified atom stereocenters. The molecular weight excluding hydrogens is 404 g/mol. The molecule has 0 aliphatic carbocycles. The minimum absolute atomic E-state index is 0.323. The molecule has 23 heavy (non-hydrogen) atoms. The third-order valence-electron chi connectivity index (χ3n) is 2.93. The van der Waals surface area contributed by atoms with Crippen molar-refractivity contribution in [3.8, 4) is 0 Å². The van der Waals surface area contributed by atoms with Gasteiger partial charge >= 0.3 is 0 Å². The monoisotopic (exact) mass is 416 g/mol. The van der Waals surface area contributed by atoms with Crippen LogP contribution in [-0.2, 0) is 14.8 Å². The van der Waals surface area contributed by atoms with E-state index in [-0.39, 0.29) is 6.54 Å². The van der Waals surface area contributed by atoms with Crippen molar-refractivity contribution in [2.75, 3.05) is 22.4 Å². The number of carbonyl (C=O) groups excluding carboxylic acids is 1. The van der Waals surface area contributed by atoms with Gasteiger partial charge in [-0.2, -0.15) is 0 Å². The second-order valence-corrected chi connectivity index (χ2v) is 8.06. The van der Waals surface area contributed by atoms with E-state index in [0.717, 1.165) is 15.0 Å². The fourth-order valence-electron chi connectivity index (χ4n) is 1.87. The van der Waals surface area contributed by atoms with Crippen molar-refractivity contribution in [1.29, 1.82) is 0 Å². The van der Waals surface area contributed by atoms with E-state index in [9.17, 15) is 13.2 Å². The molecule has 0 saturated carbocycles. The van der Waals surface area contributed by atoms with Gasteiger partial charge in [-0.1, -0.05) is 27.5 Å². The number of benzene rings is 2. The molecule has 8 heteroatoms. The fourth-order valence-corrected chi connectivity index (χ4v) is 3.12. The number of carbonyl (C=O) groups is 1. The van der Waals surface area contributed by atoms with E-state index in [0.29, 0.717) is 16.4 Å². The van der Waals surface area contributed by atoms with Crippen LogP contribution in [0.3, 0.4) is 0 Å².